The summed E-state index contributed by atoms with van der Waals surface area (Å²) in [6.45, 7) is 5.22. The first-order valence-corrected chi connectivity index (χ1v) is 6.37. The van der Waals surface area contributed by atoms with Crippen molar-refractivity contribution in [2.24, 2.45) is 0 Å². The maximum Gasteiger partial charge on any atom is 0.490 e. The minimum Gasteiger partial charge on any atom is -0.423 e. The van der Waals surface area contributed by atoms with Crippen molar-refractivity contribution in [3.8, 4) is 6.07 Å². The van der Waals surface area contributed by atoms with Crippen molar-refractivity contribution >= 4 is 18.3 Å². The van der Waals surface area contributed by atoms with Crippen LogP contribution in [-0.4, -0.2) is 55.3 Å². The van der Waals surface area contributed by atoms with Gasteiger partial charge in [0.2, 0.25) is 0 Å². The summed E-state index contributed by atoms with van der Waals surface area (Å²) in [4.78, 5) is 4.28. The van der Waals surface area contributed by atoms with Gasteiger partial charge in [-0.3, -0.25) is 0 Å². The molecule has 0 bridgehead atoms. The molecule has 1 aromatic carbocycles. The van der Waals surface area contributed by atoms with Crippen molar-refractivity contribution in [3.05, 3.63) is 23.3 Å². The van der Waals surface area contributed by atoms with Gasteiger partial charge in [0.05, 0.1) is 11.3 Å². The van der Waals surface area contributed by atoms with Crippen LogP contribution in [-0.2, 0) is 0 Å². The van der Waals surface area contributed by atoms with E-state index in [2.05, 4.69) is 22.9 Å². The van der Waals surface area contributed by atoms with Gasteiger partial charge in [0.15, 0.2) is 0 Å². The molecule has 5 nitrogen and oxygen atoms in total. The van der Waals surface area contributed by atoms with Crippen LogP contribution in [0.4, 0.5) is 5.69 Å². The average Bonchev–Trinajstić information content (AvgIpc) is 2.38. The van der Waals surface area contributed by atoms with E-state index >= 15 is 0 Å². The zero-order valence-corrected chi connectivity index (χ0v) is 11.3. The van der Waals surface area contributed by atoms with Crippen molar-refractivity contribution in [3.63, 3.8) is 0 Å². The largest absolute Gasteiger partial charge is 0.490 e. The number of rotatable bonds is 2. The zero-order chi connectivity index (χ0) is 14.0. The highest BCUT2D eigenvalue weighted by atomic mass is 16.4. The SMILES string of the molecule is Cc1cc(C#N)c(N2CCN(C)CC2)c(B(O)O)c1. The van der Waals surface area contributed by atoms with Crippen molar-refractivity contribution in [2.45, 2.75) is 6.92 Å². The molecule has 100 valence electrons. The van der Waals surface area contributed by atoms with E-state index in [0.29, 0.717) is 16.7 Å². The van der Waals surface area contributed by atoms with Crippen LogP contribution in [0.5, 0.6) is 0 Å². The highest BCUT2D eigenvalue weighted by Crippen LogP contribution is 2.21. The fourth-order valence-corrected chi connectivity index (χ4v) is 2.47. The Labute approximate surface area is 113 Å². The molecule has 6 heteroatoms. The molecule has 1 fully saturated rings. The summed E-state index contributed by atoms with van der Waals surface area (Å²) < 4.78 is 0. The van der Waals surface area contributed by atoms with Crippen molar-refractivity contribution in [2.75, 3.05) is 38.1 Å². The monoisotopic (exact) mass is 259 g/mol. The standard InChI is InChI=1S/C13H18BN3O2/c1-10-7-11(9-15)13(12(8-10)14(18)19)17-5-3-16(2)4-6-17/h7-8,18-19H,3-6H2,1-2H3. The van der Waals surface area contributed by atoms with Crippen molar-refractivity contribution in [1.29, 1.82) is 5.26 Å². The molecule has 0 atom stereocenters. The Balaban J connectivity index is 2.45. The zero-order valence-electron chi connectivity index (χ0n) is 11.3. The Kier molecular flexibility index (Phi) is 4.10. The van der Waals surface area contributed by atoms with Gasteiger partial charge >= 0.3 is 7.12 Å². The molecule has 1 heterocycles. The maximum absolute atomic E-state index is 9.54. The Bertz CT molecular complexity index is 505. The summed E-state index contributed by atoms with van der Waals surface area (Å²) in [5.74, 6) is 0. The first-order chi connectivity index (χ1) is 9.02. The van der Waals surface area contributed by atoms with E-state index in [1.54, 1.807) is 12.1 Å². The van der Waals surface area contributed by atoms with Gasteiger partial charge in [0.1, 0.15) is 6.07 Å². The van der Waals surface area contributed by atoms with Crippen LogP contribution in [0, 0.1) is 18.3 Å². The first kappa shape index (κ1) is 13.9. The van der Waals surface area contributed by atoms with Crippen LogP contribution < -0.4 is 10.4 Å². The molecule has 0 spiro atoms. The van der Waals surface area contributed by atoms with Crippen LogP contribution >= 0.6 is 0 Å². The van der Waals surface area contributed by atoms with E-state index in [1.807, 2.05) is 6.92 Å². The molecule has 1 saturated heterocycles. The summed E-state index contributed by atoms with van der Waals surface area (Å²) in [7, 11) is 0.501. The van der Waals surface area contributed by atoms with Gasteiger partial charge in [0.25, 0.3) is 0 Å². The van der Waals surface area contributed by atoms with Crippen molar-refractivity contribution in [1.82, 2.24) is 4.90 Å². The second-order valence-corrected chi connectivity index (χ2v) is 5.03. The molecule has 0 amide bonds. The van der Waals surface area contributed by atoms with E-state index < -0.39 is 7.12 Å². The molecule has 0 saturated carbocycles. The molecule has 0 aliphatic carbocycles. The topological polar surface area (TPSA) is 70.7 Å². The van der Waals surface area contributed by atoms with Crippen LogP contribution in [0.25, 0.3) is 0 Å². The van der Waals surface area contributed by atoms with Gasteiger partial charge in [-0.1, -0.05) is 11.6 Å². The van der Waals surface area contributed by atoms with Crippen LogP contribution in [0.2, 0.25) is 0 Å². The normalized spacial score (nSPS) is 16.3. The lowest BCUT2D eigenvalue weighted by atomic mass is 9.76. The van der Waals surface area contributed by atoms with Crippen LogP contribution in [0.3, 0.4) is 0 Å². The van der Waals surface area contributed by atoms with Gasteiger partial charge in [0, 0.05) is 31.6 Å². The number of hydrogen-bond donors (Lipinski definition) is 2. The number of hydrogen-bond acceptors (Lipinski definition) is 5. The Hall–Kier alpha value is -1.55. The van der Waals surface area contributed by atoms with E-state index in [-0.39, 0.29) is 0 Å². The quantitative estimate of drug-likeness (QED) is 0.687. The minimum absolute atomic E-state index is 0.418. The summed E-state index contributed by atoms with van der Waals surface area (Å²) in [6.07, 6.45) is 0. The Morgan fingerprint density at radius 3 is 2.37 bits per heavy atom. The van der Waals surface area contributed by atoms with Crippen LogP contribution in [0.1, 0.15) is 11.1 Å². The smallest absolute Gasteiger partial charge is 0.423 e. The van der Waals surface area contributed by atoms with E-state index in [1.165, 1.54) is 0 Å². The molecule has 0 radical (unpaired) electrons. The van der Waals surface area contributed by atoms with Gasteiger partial charge in [-0.15, -0.1) is 0 Å². The predicted molar refractivity (Wildman–Crippen MR) is 75.4 cm³/mol. The average molecular weight is 259 g/mol. The number of likely N-dealkylation sites (N-methyl/N-ethyl adjacent to an activating group) is 1. The summed E-state index contributed by atoms with van der Waals surface area (Å²) in [5, 5.41) is 28.4. The third-order valence-electron chi connectivity index (χ3n) is 3.50. The number of anilines is 1. The molecule has 0 unspecified atom stereocenters. The van der Waals surface area contributed by atoms with Gasteiger partial charge in [-0.25, -0.2) is 0 Å². The maximum atomic E-state index is 9.54. The van der Waals surface area contributed by atoms with Crippen LogP contribution in [0.15, 0.2) is 12.1 Å². The molecule has 1 aliphatic heterocycles. The molecule has 19 heavy (non-hydrogen) atoms. The first-order valence-electron chi connectivity index (χ1n) is 6.37. The molecular formula is C13H18BN3O2. The second-order valence-electron chi connectivity index (χ2n) is 5.03. The fraction of sp³-hybridized carbons (Fsp3) is 0.462. The van der Waals surface area contributed by atoms with E-state index in [0.717, 1.165) is 31.7 Å². The number of benzene rings is 1. The highest BCUT2D eigenvalue weighted by molar-refractivity contribution is 6.60. The van der Waals surface area contributed by atoms with E-state index in [4.69, 9.17) is 0 Å². The van der Waals surface area contributed by atoms with Crippen molar-refractivity contribution < 1.29 is 10.0 Å². The number of aryl methyl sites for hydroxylation is 1. The third-order valence-corrected chi connectivity index (χ3v) is 3.50. The highest BCUT2D eigenvalue weighted by Gasteiger charge is 2.25. The lowest BCUT2D eigenvalue weighted by Gasteiger charge is -2.35. The molecule has 1 aliphatic rings. The number of nitriles is 1. The molecule has 1 aromatic rings. The lowest BCUT2D eigenvalue weighted by Crippen LogP contribution is -2.48. The summed E-state index contributed by atoms with van der Waals surface area (Å²) in [6, 6.07) is 5.69. The summed E-state index contributed by atoms with van der Waals surface area (Å²) >= 11 is 0. The molecule has 0 aromatic heterocycles. The molecule has 2 rings (SSSR count). The summed E-state index contributed by atoms with van der Waals surface area (Å²) in [5.41, 5.74) is 2.45. The lowest BCUT2D eigenvalue weighted by molar-refractivity contribution is 0.313. The molecule has 2 N–H and O–H groups in total. The molecular weight excluding hydrogens is 241 g/mol. The Morgan fingerprint density at radius 1 is 1.21 bits per heavy atom. The number of nitrogens with zero attached hydrogens (tertiary/aromatic N) is 3. The van der Waals surface area contributed by atoms with Gasteiger partial charge < -0.3 is 19.8 Å². The van der Waals surface area contributed by atoms with Gasteiger partial charge in [-0.05, 0) is 20.0 Å². The fourth-order valence-electron chi connectivity index (χ4n) is 2.47. The third kappa shape index (κ3) is 2.90. The number of piperazine rings is 1. The minimum atomic E-state index is -1.55. The second kappa shape index (κ2) is 5.62. The van der Waals surface area contributed by atoms with Gasteiger partial charge in [-0.2, -0.15) is 5.26 Å². The predicted octanol–water partition coefficient (Wildman–Crippen LogP) is -0.702. The Morgan fingerprint density at radius 2 is 1.84 bits per heavy atom. The van der Waals surface area contributed by atoms with E-state index in [9.17, 15) is 15.3 Å².